The van der Waals surface area contributed by atoms with Gasteiger partial charge in [-0.05, 0) is 12.5 Å². The van der Waals surface area contributed by atoms with Crippen LogP contribution in [0.15, 0.2) is 30.3 Å². The number of hydrogen-bond donors (Lipinski definition) is 2. The van der Waals surface area contributed by atoms with Crippen molar-refractivity contribution in [3.8, 4) is 0 Å². The summed E-state index contributed by atoms with van der Waals surface area (Å²) in [6.07, 6.45) is 0. The molecule has 0 spiro atoms. The maximum Gasteiger partial charge on any atom is 0.315 e. The Hall–Kier alpha value is -1.53. The van der Waals surface area contributed by atoms with Gasteiger partial charge in [0.2, 0.25) is 5.91 Å². The summed E-state index contributed by atoms with van der Waals surface area (Å²) in [5.74, 6) is 0.410. The number of hydrogen-bond acceptors (Lipinski definition) is 5. The summed E-state index contributed by atoms with van der Waals surface area (Å²) in [5, 5.41) is 2.78. The molecule has 0 aliphatic carbocycles. The Morgan fingerprint density at radius 1 is 1.35 bits per heavy atom. The zero-order valence-corrected chi connectivity index (χ0v) is 12.5. The average Bonchev–Trinajstić information content (AvgIpc) is 2.47. The number of methoxy groups -OCH3 is 1. The summed E-state index contributed by atoms with van der Waals surface area (Å²) in [6, 6.07) is 9.22. The van der Waals surface area contributed by atoms with Gasteiger partial charge in [-0.15, -0.1) is 11.8 Å². The monoisotopic (exact) mass is 296 g/mol. The highest BCUT2D eigenvalue weighted by Gasteiger charge is 2.29. The molecule has 0 aliphatic rings. The van der Waals surface area contributed by atoms with Crippen molar-refractivity contribution in [2.45, 2.75) is 12.5 Å². The van der Waals surface area contributed by atoms with Crippen molar-refractivity contribution < 1.29 is 14.3 Å². The van der Waals surface area contributed by atoms with Crippen molar-refractivity contribution in [2.24, 2.45) is 5.73 Å². The van der Waals surface area contributed by atoms with Gasteiger partial charge in [0, 0.05) is 12.3 Å². The van der Waals surface area contributed by atoms with E-state index in [2.05, 4.69) is 10.1 Å². The molecule has 1 aromatic carbocycles. The van der Waals surface area contributed by atoms with Crippen LogP contribution in [0.5, 0.6) is 0 Å². The molecule has 1 atom stereocenters. The van der Waals surface area contributed by atoms with Crippen LogP contribution in [0.4, 0.5) is 0 Å². The zero-order valence-electron chi connectivity index (χ0n) is 11.7. The molecule has 6 heteroatoms. The first kappa shape index (κ1) is 16.5. The molecule has 5 nitrogen and oxygen atoms in total. The minimum absolute atomic E-state index is 0.234. The third-order valence-electron chi connectivity index (χ3n) is 2.82. The molecule has 0 saturated heterocycles. The van der Waals surface area contributed by atoms with E-state index in [1.165, 1.54) is 18.9 Å². The van der Waals surface area contributed by atoms with Crippen LogP contribution in [-0.4, -0.2) is 37.0 Å². The molecule has 20 heavy (non-hydrogen) atoms. The van der Waals surface area contributed by atoms with E-state index in [9.17, 15) is 9.59 Å². The van der Waals surface area contributed by atoms with E-state index >= 15 is 0 Å². The van der Waals surface area contributed by atoms with Crippen LogP contribution in [0.25, 0.3) is 0 Å². The molecule has 1 rings (SSSR count). The van der Waals surface area contributed by atoms with E-state index in [1.807, 2.05) is 30.3 Å². The highest BCUT2D eigenvalue weighted by atomic mass is 32.2. The number of benzene rings is 1. The Bertz CT molecular complexity index is 449. The molecule has 0 saturated carbocycles. The third-order valence-corrected chi connectivity index (χ3v) is 3.76. The van der Waals surface area contributed by atoms with Crippen molar-refractivity contribution in [3.63, 3.8) is 0 Å². The summed E-state index contributed by atoms with van der Waals surface area (Å²) < 4.78 is 4.52. The van der Waals surface area contributed by atoms with Crippen molar-refractivity contribution in [1.82, 2.24) is 5.32 Å². The fourth-order valence-electron chi connectivity index (χ4n) is 1.55. The SMILES string of the molecule is COC(=O)CSCCNC(=O)C(C)(N)c1ccccc1. The Labute approximate surface area is 123 Å². The van der Waals surface area contributed by atoms with E-state index < -0.39 is 5.54 Å². The first-order valence-corrected chi connectivity index (χ1v) is 7.41. The summed E-state index contributed by atoms with van der Waals surface area (Å²) in [6.45, 7) is 2.14. The van der Waals surface area contributed by atoms with E-state index in [0.29, 0.717) is 12.3 Å². The summed E-state index contributed by atoms with van der Waals surface area (Å²) in [5.41, 5.74) is 5.78. The van der Waals surface area contributed by atoms with Gasteiger partial charge in [-0.2, -0.15) is 0 Å². The largest absolute Gasteiger partial charge is 0.468 e. The lowest BCUT2D eigenvalue weighted by molar-refractivity contribution is -0.137. The van der Waals surface area contributed by atoms with Crippen LogP contribution < -0.4 is 11.1 Å². The highest BCUT2D eigenvalue weighted by molar-refractivity contribution is 7.99. The quantitative estimate of drug-likeness (QED) is 0.577. The van der Waals surface area contributed by atoms with E-state index in [0.717, 1.165) is 5.56 Å². The zero-order chi connectivity index (χ0) is 15.0. The number of carbonyl (C=O) groups is 2. The van der Waals surface area contributed by atoms with Gasteiger partial charge < -0.3 is 15.8 Å². The van der Waals surface area contributed by atoms with Crippen LogP contribution in [-0.2, 0) is 19.9 Å². The number of carbonyl (C=O) groups excluding carboxylic acids is 2. The fourth-order valence-corrected chi connectivity index (χ4v) is 2.23. The van der Waals surface area contributed by atoms with Gasteiger partial charge in [-0.3, -0.25) is 9.59 Å². The maximum atomic E-state index is 12.1. The number of rotatable bonds is 7. The molecular formula is C14H20N2O3S. The predicted molar refractivity (Wildman–Crippen MR) is 80.3 cm³/mol. The lowest BCUT2D eigenvalue weighted by Gasteiger charge is -2.24. The molecule has 3 N–H and O–H groups in total. The number of thioether (sulfide) groups is 1. The van der Waals surface area contributed by atoms with Gasteiger partial charge in [0.15, 0.2) is 0 Å². The van der Waals surface area contributed by atoms with Gasteiger partial charge in [0.05, 0.1) is 12.9 Å². The van der Waals surface area contributed by atoms with Crippen molar-refractivity contribution in [2.75, 3.05) is 25.2 Å². The van der Waals surface area contributed by atoms with Gasteiger partial charge in [-0.1, -0.05) is 30.3 Å². The van der Waals surface area contributed by atoms with Crippen molar-refractivity contribution in [3.05, 3.63) is 35.9 Å². The molecule has 0 aromatic heterocycles. The van der Waals surface area contributed by atoms with Crippen LogP contribution in [0.2, 0.25) is 0 Å². The number of nitrogens with two attached hydrogens (primary N) is 1. The van der Waals surface area contributed by atoms with Gasteiger partial charge in [0.25, 0.3) is 0 Å². The summed E-state index contributed by atoms with van der Waals surface area (Å²) in [7, 11) is 1.35. The topological polar surface area (TPSA) is 81.4 Å². The predicted octanol–water partition coefficient (Wildman–Crippen LogP) is 0.883. The first-order chi connectivity index (χ1) is 9.48. The van der Waals surface area contributed by atoms with Crippen LogP contribution in [0.1, 0.15) is 12.5 Å². The molecule has 0 aliphatic heterocycles. The molecule has 110 valence electrons. The van der Waals surface area contributed by atoms with Crippen LogP contribution >= 0.6 is 11.8 Å². The average molecular weight is 296 g/mol. The van der Waals surface area contributed by atoms with Crippen LogP contribution in [0, 0.1) is 0 Å². The normalized spacial score (nSPS) is 13.3. The fraction of sp³-hybridized carbons (Fsp3) is 0.429. The summed E-state index contributed by atoms with van der Waals surface area (Å²) in [4.78, 5) is 23.0. The molecule has 0 fully saturated rings. The second kappa shape index (κ2) is 7.91. The Morgan fingerprint density at radius 3 is 2.60 bits per heavy atom. The standard InChI is InChI=1S/C14H20N2O3S/c1-14(15,11-6-4-3-5-7-11)13(18)16-8-9-20-10-12(17)19-2/h3-7H,8-10,15H2,1-2H3,(H,16,18). The molecule has 1 unspecified atom stereocenters. The first-order valence-electron chi connectivity index (χ1n) is 6.25. The number of esters is 1. The lowest BCUT2D eigenvalue weighted by atomic mass is 9.92. The number of amides is 1. The minimum atomic E-state index is -1.06. The molecule has 1 amide bonds. The van der Waals surface area contributed by atoms with Crippen molar-refractivity contribution in [1.29, 1.82) is 0 Å². The van der Waals surface area contributed by atoms with Gasteiger partial charge >= 0.3 is 5.97 Å². The summed E-state index contributed by atoms with van der Waals surface area (Å²) >= 11 is 1.40. The Morgan fingerprint density at radius 2 is 2.00 bits per heavy atom. The molecule has 0 radical (unpaired) electrons. The molecule has 0 bridgehead atoms. The molecule has 1 aromatic rings. The lowest BCUT2D eigenvalue weighted by Crippen LogP contribution is -2.49. The van der Waals surface area contributed by atoms with Gasteiger partial charge in [0.1, 0.15) is 5.54 Å². The Kier molecular flexibility index (Phi) is 6.54. The molecular weight excluding hydrogens is 276 g/mol. The number of nitrogens with one attached hydrogen (secondary N) is 1. The van der Waals surface area contributed by atoms with E-state index in [1.54, 1.807) is 6.92 Å². The Balaban J connectivity index is 2.37. The van der Waals surface area contributed by atoms with Crippen molar-refractivity contribution >= 4 is 23.6 Å². The van der Waals surface area contributed by atoms with Gasteiger partial charge in [-0.25, -0.2) is 0 Å². The van der Waals surface area contributed by atoms with Crippen LogP contribution in [0.3, 0.4) is 0 Å². The molecule has 0 heterocycles. The minimum Gasteiger partial charge on any atom is -0.468 e. The van der Waals surface area contributed by atoms with E-state index in [4.69, 9.17) is 5.73 Å². The maximum absolute atomic E-state index is 12.1. The second-order valence-electron chi connectivity index (χ2n) is 4.45. The van der Waals surface area contributed by atoms with E-state index in [-0.39, 0.29) is 17.6 Å². The number of ether oxygens (including phenoxy) is 1. The third kappa shape index (κ3) is 4.86. The second-order valence-corrected chi connectivity index (χ2v) is 5.56. The smallest absolute Gasteiger partial charge is 0.315 e. The highest BCUT2D eigenvalue weighted by Crippen LogP contribution is 2.17.